The van der Waals surface area contributed by atoms with Crippen LogP contribution in [0.25, 0.3) is 0 Å². The third kappa shape index (κ3) is 6.76. The van der Waals surface area contributed by atoms with E-state index >= 15 is 0 Å². The van der Waals surface area contributed by atoms with Crippen molar-refractivity contribution in [3.05, 3.63) is 0 Å². The zero-order chi connectivity index (χ0) is 18.4. The van der Waals surface area contributed by atoms with E-state index in [0.717, 1.165) is 19.3 Å². The van der Waals surface area contributed by atoms with E-state index in [2.05, 4.69) is 12.2 Å². The van der Waals surface area contributed by atoms with Gasteiger partial charge in [-0.2, -0.15) is 0 Å². The Balaban J connectivity index is 1.80. The van der Waals surface area contributed by atoms with Crippen molar-refractivity contribution in [2.75, 3.05) is 26.3 Å². The number of nitrogens with one attached hydrogen (secondary N) is 1. The fraction of sp³-hybridized carbons (Fsp3) is 0.947. The van der Waals surface area contributed by atoms with Gasteiger partial charge in [-0.05, 0) is 52.9 Å². The summed E-state index contributed by atoms with van der Waals surface area (Å²) in [7, 11) is 0. The van der Waals surface area contributed by atoms with Gasteiger partial charge in [0.25, 0.3) is 0 Å². The summed E-state index contributed by atoms with van der Waals surface area (Å²) in [6.45, 7) is 10.0. The largest absolute Gasteiger partial charge is 0.444 e. The minimum Gasteiger partial charge on any atom is -0.444 e. The Bertz CT molecular complexity index is 418. The monoisotopic (exact) mass is 356 g/mol. The first-order valence-corrected chi connectivity index (χ1v) is 9.75. The molecule has 0 radical (unpaired) electrons. The maximum absolute atomic E-state index is 12.4. The molecular weight excluding hydrogens is 320 g/mol. The molecule has 0 aromatic heterocycles. The SMILES string of the molecule is C[C@H](C[C@H]1COCCN1C(=O)OC(C)(C)C)NC[C@@H](O)C1CCCC1. The number of amides is 1. The zero-order valence-corrected chi connectivity index (χ0v) is 16.3. The molecule has 25 heavy (non-hydrogen) atoms. The maximum atomic E-state index is 12.4. The Hall–Kier alpha value is -0.850. The number of carbonyl (C=O) groups is 1. The molecule has 0 spiro atoms. The Morgan fingerprint density at radius 2 is 2.04 bits per heavy atom. The lowest BCUT2D eigenvalue weighted by atomic mass is 10.00. The molecule has 2 rings (SSSR count). The van der Waals surface area contributed by atoms with E-state index in [0.29, 0.717) is 32.2 Å². The fourth-order valence-corrected chi connectivity index (χ4v) is 3.73. The highest BCUT2D eigenvalue weighted by Gasteiger charge is 2.32. The standard InChI is InChI=1S/C19H36N2O4/c1-14(20-12-17(22)15-7-5-6-8-15)11-16-13-24-10-9-21(16)18(23)25-19(2,3)4/h14-17,20,22H,5-13H2,1-4H3/t14-,16+,17-/m1/s1. The molecule has 2 fully saturated rings. The summed E-state index contributed by atoms with van der Waals surface area (Å²) in [6, 6.07) is 0.211. The predicted octanol–water partition coefficient (Wildman–Crippen LogP) is 2.54. The smallest absolute Gasteiger partial charge is 0.410 e. The van der Waals surface area contributed by atoms with E-state index in [1.807, 2.05) is 20.8 Å². The van der Waals surface area contributed by atoms with E-state index in [1.165, 1.54) is 12.8 Å². The zero-order valence-electron chi connectivity index (χ0n) is 16.3. The molecule has 6 heteroatoms. The number of ether oxygens (including phenoxy) is 2. The van der Waals surface area contributed by atoms with Crippen LogP contribution in [0.2, 0.25) is 0 Å². The number of rotatable bonds is 6. The number of hydrogen-bond acceptors (Lipinski definition) is 5. The van der Waals surface area contributed by atoms with Gasteiger partial charge in [-0.1, -0.05) is 12.8 Å². The van der Waals surface area contributed by atoms with Crippen LogP contribution in [0.1, 0.15) is 59.8 Å². The molecule has 0 aromatic carbocycles. The average molecular weight is 357 g/mol. The molecule has 1 aliphatic carbocycles. The van der Waals surface area contributed by atoms with Crippen molar-refractivity contribution < 1.29 is 19.4 Å². The molecule has 3 atom stereocenters. The highest BCUT2D eigenvalue weighted by atomic mass is 16.6. The molecule has 1 saturated carbocycles. The quantitative estimate of drug-likeness (QED) is 0.765. The summed E-state index contributed by atoms with van der Waals surface area (Å²) in [5.74, 6) is 0.441. The van der Waals surface area contributed by atoms with Crippen LogP contribution in [-0.4, -0.2) is 66.2 Å². The molecule has 2 aliphatic rings. The molecule has 1 saturated heterocycles. The van der Waals surface area contributed by atoms with Gasteiger partial charge < -0.3 is 24.8 Å². The van der Waals surface area contributed by atoms with Gasteiger partial charge in [-0.25, -0.2) is 4.79 Å². The van der Waals surface area contributed by atoms with Crippen LogP contribution in [0, 0.1) is 5.92 Å². The number of aliphatic hydroxyl groups is 1. The Morgan fingerprint density at radius 1 is 1.36 bits per heavy atom. The maximum Gasteiger partial charge on any atom is 0.410 e. The van der Waals surface area contributed by atoms with Gasteiger partial charge in [0.05, 0.1) is 25.4 Å². The summed E-state index contributed by atoms with van der Waals surface area (Å²) in [5, 5.41) is 13.7. The number of hydrogen-bond donors (Lipinski definition) is 2. The molecule has 146 valence electrons. The summed E-state index contributed by atoms with van der Waals surface area (Å²) in [5.41, 5.74) is -0.491. The van der Waals surface area contributed by atoms with Crippen LogP contribution in [0.3, 0.4) is 0 Å². The average Bonchev–Trinajstić information content (AvgIpc) is 3.06. The summed E-state index contributed by atoms with van der Waals surface area (Å²) >= 11 is 0. The van der Waals surface area contributed by atoms with Gasteiger partial charge in [0.2, 0.25) is 0 Å². The topological polar surface area (TPSA) is 71.0 Å². The Labute approximate surface area is 152 Å². The van der Waals surface area contributed by atoms with Gasteiger partial charge in [0.1, 0.15) is 5.60 Å². The summed E-state index contributed by atoms with van der Waals surface area (Å²) in [6.07, 6.45) is 5.01. The van der Waals surface area contributed by atoms with Crippen LogP contribution in [0.15, 0.2) is 0 Å². The minimum atomic E-state index is -0.491. The normalized spacial score (nSPS) is 25.0. The van der Waals surface area contributed by atoms with E-state index in [1.54, 1.807) is 4.90 Å². The molecule has 1 amide bonds. The van der Waals surface area contributed by atoms with Crippen molar-refractivity contribution in [2.24, 2.45) is 5.92 Å². The third-order valence-electron chi connectivity index (χ3n) is 5.10. The summed E-state index contributed by atoms with van der Waals surface area (Å²) in [4.78, 5) is 14.2. The molecule has 6 nitrogen and oxygen atoms in total. The molecule has 0 unspecified atom stereocenters. The lowest BCUT2D eigenvalue weighted by Crippen LogP contribution is -2.52. The third-order valence-corrected chi connectivity index (χ3v) is 5.10. The lowest BCUT2D eigenvalue weighted by molar-refractivity contribution is -0.0358. The van der Waals surface area contributed by atoms with Crippen LogP contribution in [0.4, 0.5) is 4.79 Å². The Kier molecular flexibility index (Phi) is 7.52. The van der Waals surface area contributed by atoms with Crippen LogP contribution in [0.5, 0.6) is 0 Å². The van der Waals surface area contributed by atoms with E-state index in [9.17, 15) is 9.90 Å². The Morgan fingerprint density at radius 3 is 2.68 bits per heavy atom. The van der Waals surface area contributed by atoms with Crippen molar-refractivity contribution in [2.45, 2.75) is 83.6 Å². The van der Waals surface area contributed by atoms with Crippen molar-refractivity contribution in [1.29, 1.82) is 0 Å². The van der Waals surface area contributed by atoms with E-state index < -0.39 is 5.60 Å². The van der Waals surface area contributed by atoms with Gasteiger partial charge in [0.15, 0.2) is 0 Å². The number of nitrogens with zero attached hydrogens (tertiary/aromatic N) is 1. The molecule has 0 bridgehead atoms. The van der Waals surface area contributed by atoms with Gasteiger partial charge >= 0.3 is 6.09 Å². The fourth-order valence-electron chi connectivity index (χ4n) is 3.73. The second-order valence-electron chi connectivity index (χ2n) is 8.56. The minimum absolute atomic E-state index is 0.00900. The van der Waals surface area contributed by atoms with Gasteiger partial charge in [0, 0.05) is 19.1 Å². The molecule has 1 aliphatic heterocycles. The molecule has 0 aromatic rings. The molecular formula is C19H36N2O4. The van der Waals surface area contributed by atoms with Gasteiger partial charge in [-0.3, -0.25) is 0 Å². The first kappa shape index (κ1) is 20.5. The van der Waals surface area contributed by atoms with Crippen molar-refractivity contribution >= 4 is 6.09 Å². The molecule has 2 N–H and O–H groups in total. The van der Waals surface area contributed by atoms with E-state index in [4.69, 9.17) is 9.47 Å². The highest BCUT2D eigenvalue weighted by molar-refractivity contribution is 5.68. The summed E-state index contributed by atoms with van der Waals surface area (Å²) < 4.78 is 11.1. The second kappa shape index (κ2) is 9.19. The number of morpholine rings is 1. The first-order chi connectivity index (χ1) is 11.8. The van der Waals surface area contributed by atoms with Crippen LogP contribution in [-0.2, 0) is 9.47 Å². The van der Waals surface area contributed by atoms with Crippen LogP contribution < -0.4 is 5.32 Å². The predicted molar refractivity (Wildman–Crippen MR) is 97.6 cm³/mol. The lowest BCUT2D eigenvalue weighted by Gasteiger charge is -2.38. The second-order valence-corrected chi connectivity index (χ2v) is 8.56. The highest BCUT2D eigenvalue weighted by Crippen LogP contribution is 2.27. The van der Waals surface area contributed by atoms with E-state index in [-0.39, 0.29) is 24.3 Å². The number of aliphatic hydroxyl groups excluding tert-OH is 1. The van der Waals surface area contributed by atoms with Crippen molar-refractivity contribution in [3.63, 3.8) is 0 Å². The molecule has 1 heterocycles. The van der Waals surface area contributed by atoms with Crippen LogP contribution >= 0.6 is 0 Å². The van der Waals surface area contributed by atoms with Crippen molar-refractivity contribution in [3.8, 4) is 0 Å². The number of carbonyl (C=O) groups excluding carboxylic acids is 1. The van der Waals surface area contributed by atoms with Gasteiger partial charge in [-0.15, -0.1) is 0 Å². The first-order valence-electron chi connectivity index (χ1n) is 9.75. The van der Waals surface area contributed by atoms with Crippen molar-refractivity contribution in [1.82, 2.24) is 10.2 Å².